The number of rotatable bonds is 1. The summed E-state index contributed by atoms with van der Waals surface area (Å²) >= 11 is 0. The molecule has 5 nitrogen and oxygen atoms in total. The molecule has 1 N–H and O–H groups in total. The zero-order chi connectivity index (χ0) is 16.5. The highest BCUT2D eigenvalue weighted by atomic mass is 16.6. The minimum atomic E-state index is -0.467. The van der Waals surface area contributed by atoms with Crippen LogP contribution in [0.4, 0.5) is 10.5 Å². The number of ether oxygens (including phenoxy) is 1. The lowest BCUT2D eigenvalue weighted by molar-refractivity contribution is 0.0219. The molecule has 1 aliphatic rings. The van der Waals surface area contributed by atoms with Gasteiger partial charge in [-0.1, -0.05) is 0 Å². The van der Waals surface area contributed by atoms with Gasteiger partial charge in [0.1, 0.15) is 11.4 Å². The maximum Gasteiger partial charge on any atom is 0.410 e. The summed E-state index contributed by atoms with van der Waals surface area (Å²) in [6, 6.07) is 5.82. The van der Waals surface area contributed by atoms with Crippen LogP contribution in [-0.4, -0.2) is 47.4 Å². The molecule has 0 bridgehead atoms. The van der Waals surface area contributed by atoms with Gasteiger partial charge in [0, 0.05) is 31.4 Å². The predicted molar refractivity (Wildman–Crippen MR) is 87.5 cm³/mol. The average Bonchev–Trinajstić information content (AvgIpc) is 2.40. The van der Waals surface area contributed by atoms with Crippen LogP contribution in [0.5, 0.6) is 5.75 Å². The van der Waals surface area contributed by atoms with E-state index in [-0.39, 0.29) is 12.1 Å². The Bertz CT molecular complexity index is 551. The molecule has 1 saturated heterocycles. The van der Waals surface area contributed by atoms with Crippen molar-refractivity contribution < 1.29 is 14.6 Å². The summed E-state index contributed by atoms with van der Waals surface area (Å²) < 4.78 is 5.44. The number of phenolic OH excluding ortho intramolecular Hbond substituents is 1. The van der Waals surface area contributed by atoms with Gasteiger partial charge in [-0.15, -0.1) is 0 Å². The zero-order valence-electron chi connectivity index (χ0n) is 14.1. The van der Waals surface area contributed by atoms with Gasteiger partial charge in [-0.2, -0.15) is 0 Å². The largest absolute Gasteiger partial charge is 0.508 e. The van der Waals surface area contributed by atoms with Gasteiger partial charge in [-0.25, -0.2) is 4.79 Å². The van der Waals surface area contributed by atoms with E-state index in [0.717, 1.165) is 17.8 Å². The first-order chi connectivity index (χ1) is 10.2. The topological polar surface area (TPSA) is 53.0 Å². The molecule has 2 rings (SSSR count). The second-order valence-electron chi connectivity index (χ2n) is 6.94. The van der Waals surface area contributed by atoms with Crippen molar-refractivity contribution >= 4 is 11.8 Å². The van der Waals surface area contributed by atoms with Crippen LogP contribution in [0.3, 0.4) is 0 Å². The Kier molecular flexibility index (Phi) is 4.54. The molecule has 1 fully saturated rings. The van der Waals surface area contributed by atoms with E-state index in [9.17, 15) is 9.90 Å². The second-order valence-corrected chi connectivity index (χ2v) is 6.94. The van der Waals surface area contributed by atoms with E-state index in [4.69, 9.17) is 4.74 Å². The average molecular weight is 306 g/mol. The Hall–Kier alpha value is -1.91. The fraction of sp³-hybridized carbons (Fsp3) is 0.588. The van der Waals surface area contributed by atoms with Gasteiger partial charge in [-0.3, -0.25) is 0 Å². The van der Waals surface area contributed by atoms with Crippen LogP contribution in [0.2, 0.25) is 0 Å². The fourth-order valence-electron chi connectivity index (χ4n) is 2.65. The summed E-state index contributed by atoms with van der Waals surface area (Å²) in [6.07, 6.45) is -0.249. The molecule has 0 radical (unpaired) electrons. The van der Waals surface area contributed by atoms with Crippen molar-refractivity contribution in [2.24, 2.45) is 0 Å². The lowest BCUT2D eigenvalue weighted by Crippen LogP contribution is -2.54. The molecule has 1 unspecified atom stereocenters. The molecule has 0 aliphatic carbocycles. The molecule has 1 aromatic rings. The Morgan fingerprint density at radius 1 is 1.32 bits per heavy atom. The Balaban J connectivity index is 2.03. The van der Waals surface area contributed by atoms with Crippen LogP contribution in [0, 0.1) is 6.92 Å². The third kappa shape index (κ3) is 3.84. The maximum absolute atomic E-state index is 12.2. The molecule has 1 heterocycles. The van der Waals surface area contributed by atoms with E-state index >= 15 is 0 Å². The van der Waals surface area contributed by atoms with Crippen molar-refractivity contribution in [2.45, 2.75) is 46.3 Å². The first-order valence-electron chi connectivity index (χ1n) is 7.71. The Morgan fingerprint density at radius 2 is 2.00 bits per heavy atom. The zero-order valence-corrected chi connectivity index (χ0v) is 14.1. The number of carbonyl (C=O) groups excluding carboxylic acids is 1. The molecular formula is C17H26N2O3. The van der Waals surface area contributed by atoms with Gasteiger partial charge in [0.25, 0.3) is 0 Å². The minimum Gasteiger partial charge on any atom is -0.508 e. The molecule has 0 saturated carbocycles. The van der Waals surface area contributed by atoms with E-state index in [1.54, 1.807) is 11.0 Å². The lowest BCUT2D eigenvalue weighted by Gasteiger charge is -2.41. The normalized spacial score (nSPS) is 19.2. The minimum absolute atomic E-state index is 0.199. The maximum atomic E-state index is 12.2. The number of aryl methyl sites for hydroxylation is 1. The molecular weight excluding hydrogens is 280 g/mol. The SMILES string of the molecule is Cc1cc(N2CCN(C(=O)OC(C)(C)C)CC2C)ccc1O. The van der Waals surface area contributed by atoms with E-state index in [0.29, 0.717) is 18.8 Å². The van der Waals surface area contributed by atoms with Crippen LogP contribution < -0.4 is 4.90 Å². The van der Waals surface area contributed by atoms with Crippen molar-refractivity contribution in [1.82, 2.24) is 4.90 Å². The summed E-state index contributed by atoms with van der Waals surface area (Å²) in [7, 11) is 0. The van der Waals surface area contributed by atoms with Gasteiger partial charge >= 0.3 is 6.09 Å². The number of piperazine rings is 1. The first-order valence-corrected chi connectivity index (χ1v) is 7.71. The molecule has 122 valence electrons. The number of nitrogens with zero attached hydrogens (tertiary/aromatic N) is 2. The Labute approximate surface area is 132 Å². The molecule has 1 atom stereocenters. The molecule has 1 amide bonds. The van der Waals surface area contributed by atoms with Crippen LogP contribution in [0.25, 0.3) is 0 Å². The van der Waals surface area contributed by atoms with E-state index in [1.165, 1.54) is 0 Å². The number of amides is 1. The highest BCUT2D eigenvalue weighted by molar-refractivity contribution is 5.69. The molecule has 22 heavy (non-hydrogen) atoms. The van der Waals surface area contributed by atoms with E-state index in [1.807, 2.05) is 39.8 Å². The Morgan fingerprint density at radius 3 is 2.55 bits per heavy atom. The summed E-state index contributed by atoms with van der Waals surface area (Å²) in [5, 5.41) is 9.64. The summed E-state index contributed by atoms with van der Waals surface area (Å²) in [6.45, 7) is 11.6. The van der Waals surface area contributed by atoms with Crippen LogP contribution in [-0.2, 0) is 4.74 Å². The van der Waals surface area contributed by atoms with Crippen molar-refractivity contribution in [3.8, 4) is 5.75 Å². The smallest absolute Gasteiger partial charge is 0.410 e. The first kappa shape index (κ1) is 16.5. The second kappa shape index (κ2) is 6.07. The quantitative estimate of drug-likeness (QED) is 0.866. The number of hydrogen-bond donors (Lipinski definition) is 1. The van der Waals surface area contributed by atoms with E-state index in [2.05, 4.69) is 11.8 Å². The number of carbonyl (C=O) groups is 1. The third-order valence-electron chi connectivity index (χ3n) is 3.79. The molecule has 5 heteroatoms. The highest BCUT2D eigenvalue weighted by Crippen LogP contribution is 2.26. The van der Waals surface area contributed by atoms with Gasteiger partial charge in [0.15, 0.2) is 0 Å². The molecule has 1 aromatic carbocycles. The van der Waals surface area contributed by atoms with Gasteiger partial charge in [0.05, 0.1) is 0 Å². The van der Waals surface area contributed by atoms with Crippen molar-refractivity contribution in [2.75, 3.05) is 24.5 Å². The standard InChI is InChI=1S/C17H26N2O3/c1-12-10-14(6-7-15(12)20)19-9-8-18(11-13(19)2)16(21)22-17(3,4)5/h6-7,10,13,20H,8-9,11H2,1-5H3. The van der Waals surface area contributed by atoms with Crippen LogP contribution in [0.15, 0.2) is 18.2 Å². The number of hydrogen-bond acceptors (Lipinski definition) is 4. The highest BCUT2D eigenvalue weighted by Gasteiger charge is 2.29. The number of benzene rings is 1. The van der Waals surface area contributed by atoms with Crippen LogP contribution in [0.1, 0.15) is 33.3 Å². The third-order valence-corrected chi connectivity index (χ3v) is 3.79. The fourth-order valence-corrected chi connectivity index (χ4v) is 2.65. The molecule has 0 aromatic heterocycles. The summed E-state index contributed by atoms with van der Waals surface area (Å²) in [5.41, 5.74) is 1.47. The number of aromatic hydroxyl groups is 1. The van der Waals surface area contributed by atoms with Gasteiger partial charge in [-0.05, 0) is 58.4 Å². The van der Waals surface area contributed by atoms with Crippen molar-refractivity contribution in [3.05, 3.63) is 23.8 Å². The van der Waals surface area contributed by atoms with Crippen LogP contribution >= 0.6 is 0 Å². The van der Waals surface area contributed by atoms with Gasteiger partial charge < -0.3 is 19.6 Å². The van der Waals surface area contributed by atoms with Gasteiger partial charge in [0.2, 0.25) is 0 Å². The predicted octanol–water partition coefficient (Wildman–Crippen LogP) is 3.15. The van der Waals surface area contributed by atoms with E-state index < -0.39 is 5.60 Å². The number of anilines is 1. The van der Waals surface area contributed by atoms with Crippen molar-refractivity contribution in [1.29, 1.82) is 0 Å². The molecule has 1 aliphatic heterocycles. The monoisotopic (exact) mass is 306 g/mol. The summed E-state index contributed by atoms with van der Waals surface area (Å²) in [5.74, 6) is 0.309. The van der Waals surface area contributed by atoms with Crippen molar-refractivity contribution in [3.63, 3.8) is 0 Å². The molecule has 0 spiro atoms. The number of phenols is 1. The summed E-state index contributed by atoms with van der Waals surface area (Å²) in [4.78, 5) is 16.2. The lowest BCUT2D eigenvalue weighted by atomic mass is 10.1.